The molecule has 4 aromatic carbocycles. The zero-order valence-corrected chi connectivity index (χ0v) is 24.7. The van der Waals surface area contributed by atoms with E-state index in [0.29, 0.717) is 17.1 Å². The van der Waals surface area contributed by atoms with Crippen molar-refractivity contribution >= 4 is 70.5 Å². The molecule has 0 atom stereocenters. The highest BCUT2D eigenvalue weighted by molar-refractivity contribution is 9.10. The lowest BCUT2D eigenvalue weighted by atomic mass is 10.1. The van der Waals surface area contributed by atoms with Crippen LogP contribution in [0.4, 0.5) is 17.1 Å². The summed E-state index contributed by atoms with van der Waals surface area (Å²) < 4.78 is 57.2. The lowest BCUT2D eigenvalue weighted by molar-refractivity contribution is 0.102. The Bertz CT molecular complexity index is 1760. The van der Waals surface area contributed by atoms with Crippen LogP contribution in [0.2, 0.25) is 5.02 Å². The van der Waals surface area contributed by atoms with Crippen LogP contribution in [0.5, 0.6) is 0 Å². The third-order valence-electron chi connectivity index (χ3n) is 5.76. The number of amides is 1. The molecular weight excluding hydrogens is 626 g/mol. The van der Waals surface area contributed by atoms with Crippen molar-refractivity contribution < 1.29 is 21.6 Å². The SMILES string of the molecule is Cc1ccc(NS(=O)(=O)c2cc(C(=O)Nc3ccc(S(=O)(=O)Nc4ccc(Br)cc4)cc3)ccc2Cl)cc1C. The number of nitrogens with one attached hydrogen (secondary N) is 3. The molecular formula is C27H23BrClN3O5S2. The summed E-state index contributed by atoms with van der Waals surface area (Å²) in [6.07, 6.45) is 0. The maximum Gasteiger partial charge on any atom is 0.263 e. The van der Waals surface area contributed by atoms with Crippen molar-refractivity contribution in [2.75, 3.05) is 14.8 Å². The summed E-state index contributed by atoms with van der Waals surface area (Å²) in [6.45, 7) is 3.78. The number of hydrogen-bond acceptors (Lipinski definition) is 5. The number of carbonyl (C=O) groups excluding carboxylic acids is 1. The molecule has 8 nitrogen and oxygen atoms in total. The minimum Gasteiger partial charge on any atom is -0.322 e. The molecule has 0 saturated carbocycles. The van der Waals surface area contributed by atoms with Gasteiger partial charge in [0.15, 0.2) is 0 Å². The summed E-state index contributed by atoms with van der Waals surface area (Å²) in [6, 6.07) is 21.3. The van der Waals surface area contributed by atoms with Crippen LogP contribution < -0.4 is 14.8 Å². The molecule has 0 aliphatic carbocycles. The average Bonchev–Trinajstić information content (AvgIpc) is 2.88. The van der Waals surface area contributed by atoms with Crippen molar-refractivity contribution in [3.8, 4) is 0 Å². The van der Waals surface area contributed by atoms with E-state index in [2.05, 4.69) is 30.7 Å². The molecule has 4 rings (SSSR count). The fourth-order valence-electron chi connectivity index (χ4n) is 3.52. The summed E-state index contributed by atoms with van der Waals surface area (Å²) in [4.78, 5) is 12.6. The van der Waals surface area contributed by atoms with E-state index in [1.54, 1.807) is 42.5 Å². The second-order valence-electron chi connectivity index (χ2n) is 8.64. The van der Waals surface area contributed by atoms with Gasteiger partial charge < -0.3 is 5.32 Å². The maximum absolute atomic E-state index is 13.0. The quantitative estimate of drug-likeness (QED) is 0.200. The minimum absolute atomic E-state index is 0.000655. The summed E-state index contributed by atoms with van der Waals surface area (Å²) in [7, 11) is -7.94. The monoisotopic (exact) mass is 647 g/mol. The molecule has 12 heteroatoms. The van der Waals surface area contributed by atoms with Gasteiger partial charge in [-0.1, -0.05) is 33.6 Å². The predicted molar refractivity (Wildman–Crippen MR) is 158 cm³/mol. The molecule has 0 aliphatic heterocycles. The van der Waals surface area contributed by atoms with E-state index in [4.69, 9.17) is 11.6 Å². The topological polar surface area (TPSA) is 121 Å². The molecule has 0 bridgehead atoms. The number of hydrogen-bond donors (Lipinski definition) is 3. The summed E-state index contributed by atoms with van der Waals surface area (Å²) in [5.41, 5.74) is 3.06. The van der Waals surface area contributed by atoms with Gasteiger partial charge in [-0.2, -0.15) is 0 Å². The van der Waals surface area contributed by atoms with Crippen molar-refractivity contribution in [3.63, 3.8) is 0 Å². The summed E-state index contributed by atoms with van der Waals surface area (Å²) in [5, 5.41) is 2.59. The Hall–Kier alpha value is -3.38. The molecule has 0 fully saturated rings. The normalized spacial score (nSPS) is 11.6. The standard InChI is InChI=1S/C27H23BrClN3O5S2/c1-17-3-7-23(15-18(17)2)32-39(36,37)26-16-19(4-14-25(26)29)27(33)30-21-10-12-24(13-11-21)38(34,35)31-22-8-5-20(28)6-9-22/h3-16,31-32H,1-2H3,(H,30,33). The third kappa shape index (κ3) is 6.99. The van der Waals surface area contributed by atoms with Gasteiger partial charge in [0.25, 0.3) is 26.0 Å². The molecule has 3 N–H and O–H groups in total. The van der Waals surface area contributed by atoms with Crippen molar-refractivity contribution in [3.05, 3.63) is 111 Å². The Morgan fingerprint density at radius 3 is 1.92 bits per heavy atom. The van der Waals surface area contributed by atoms with Crippen LogP contribution in [0, 0.1) is 13.8 Å². The van der Waals surface area contributed by atoms with E-state index in [-0.39, 0.29) is 20.4 Å². The number of aryl methyl sites for hydroxylation is 2. The lowest BCUT2D eigenvalue weighted by Crippen LogP contribution is -2.17. The molecule has 39 heavy (non-hydrogen) atoms. The third-order valence-corrected chi connectivity index (χ3v) is 9.55. The lowest BCUT2D eigenvalue weighted by Gasteiger charge is -2.13. The van der Waals surface area contributed by atoms with Gasteiger partial charge in [-0.3, -0.25) is 14.2 Å². The molecule has 0 radical (unpaired) electrons. The van der Waals surface area contributed by atoms with Gasteiger partial charge in [0.2, 0.25) is 0 Å². The first-order valence-electron chi connectivity index (χ1n) is 11.4. The Morgan fingerprint density at radius 2 is 1.28 bits per heavy atom. The van der Waals surface area contributed by atoms with Crippen LogP contribution in [0.15, 0.2) is 99.2 Å². The number of benzene rings is 4. The van der Waals surface area contributed by atoms with Crippen molar-refractivity contribution in [1.82, 2.24) is 0 Å². The number of carbonyl (C=O) groups is 1. The Morgan fingerprint density at radius 1 is 0.692 bits per heavy atom. The van der Waals surface area contributed by atoms with Crippen LogP contribution in [0.25, 0.3) is 0 Å². The Labute approximate surface area is 240 Å². The summed E-state index contributed by atoms with van der Waals surface area (Å²) >= 11 is 9.48. The molecule has 0 aromatic heterocycles. The summed E-state index contributed by atoms with van der Waals surface area (Å²) in [5.74, 6) is -0.599. The highest BCUT2D eigenvalue weighted by Gasteiger charge is 2.21. The van der Waals surface area contributed by atoms with Gasteiger partial charge in [0.1, 0.15) is 4.90 Å². The van der Waals surface area contributed by atoms with Crippen molar-refractivity contribution in [1.29, 1.82) is 0 Å². The average molecular weight is 649 g/mol. The van der Waals surface area contributed by atoms with Gasteiger partial charge in [-0.15, -0.1) is 0 Å². The number of sulfonamides is 2. The first-order valence-corrected chi connectivity index (χ1v) is 15.6. The van der Waals surface area contributed by atoms with Gasteiger partial charge in [0, 0.05) is 27.1 Å². The zero-order chi connectivity index (χ0) is 28.4. The van der Waals surface area contributed by atoms with Gasteiger partial charge >= 0.3 is 0 Å². The molecule has 0 unspecified atom stereocenters. The highest BCUT2D eigenvalue weighted by atomic mass is 79.9. The first kappa shape index (κ1) is 28.6. The highest BCUT2D eigenvalue weighted by Crippen LogP contribution is 2.27. The van der Waals surface area contributed by atoms with Crippen molar-refractivity contribution in [2.45, 2.75) is 23.6 Å². The van der Waals surface area contributed by atoms with Gasteiger partial charge in [0.05, 0.1) is 9.92 Å². The smallest absolute Gasteiger partial charge is 0.263 e. The van der Waals surface area contributed by atoms with Gasteiger partial charge in [-0.05, 0) is 104 Å². The van der Waals surface area contributed by atoms with E-state index < -0.39 is 26.0 Å². The second kappa shape index (κ2) is 11.4. The maximum atomic E-state index is 13.0. The Balaban J connectivity index is 1.49. The van der Waals surface area contributed by atoms with E-state index in [1.165, 1.54) is 42.5 Å². The van der Waals surface area contributed by atoms with E-state index in [1.807, 2.05) is 13.8 Å². The number of anilines is 3. The zero-order valence-electron chi connectivity index (χ0n) is 20.7. The van der Waals surface area contributed by atoms with E-state index in [0.717, 1.165) is 15.6 Å². The van der Waals surface area contributed by atoms with E-state index >= 15 is 0 Å². The molecule has 0 saturated heterocycles. The fourth-order valence-corrected chi connectivity index (χ4v) is 6.42. The predicted octanol–water partition coefficient (Wildman–Crippen LogP) is 6.57. The van der Waals surface area contributed by atoms with Crippen LogP contribution in [-0.4, -0.2) is 22.7 Å². The first-order chi connectivity index (χ1) is 18.3. The molecule has 4 aromatic rings. The number of halogens is 2. The molecule has 0 heterocycles. The molecule has 202 valence electrons. The van der Waals surface area contributed by atoms with Crippen LogP contribution in [0.1, 0.15) is 21.5 Å². The van der Waals surface area contributed by atoms with Crippen LogP contribution in [0.3, 0.4) is 0 Å². The fraction of sp³-hybridized carbons (Fsp3) is 0.0741. The van der Waals surface area contributed by atoms with Gasteiger partial charge in [-0.25, -0.2) is 16.8 Å². The van der Waals surface area contributed by atoms with E-state index in [9.17, 15) is 21.6 Å². The van der Waals surface area contributed by atoms with Crippen LogP contribution >= 0.6 is 27.5 Å². The minimum atomic E-state index is -4.09. The molecule has 0 spiro atoms. The molecule has 0 aliphatic rings. The number of rotatable bonds is 8. The Kier molecular flexibility index (Phi) is 8.36. The largest absolute Gasteiger partial charge is 0.322 e. The molecule has 1 amide bonds. The second-order valence-corrected chi connectivity index (χ2v) is 13.3. The van der Waals surface area contributed by atoms with Crippen molar-refractivity contribution in [2.24, 2.45) is 0 Å². The van der Waals surface area contributed by atoms with Crippen LogP contribution in [-0.2, 0) is 20.0 Å².